The Labute approximate surface area is 86.1 Å². The number of aliphatic hydroxyl groups is 1. The molecule has 0 unspecified atom stereocenters. The minimum atomic E-state index is -0.525. The molecule has 84 valence electrons. The van der Waals surface area contributed by atoms with Crippen LogP contribution in [0.1, 0.15) is 34.1 Å². The number of likely N-dealkylation sites (N-methyl/N-ethyl adjacent to an activating group) is 1. The summed E-state index contributed by atoms with van der Waals surface area (Å²) in [5, 5.41) is 9.09. The molecular formula is C10H22N2O2. The highest BCUT2D eigenvalue weighted by Gasteiger charge is 2.29. The summed E-state index contributed by atoms with van der Waals surface area (Å²) in [7, 11) is 1.68. The molecule has 4 heteroatoms. The molecule has 0 saturated heterocycles. The van der Waals surface area contributed by atoms with Crippen LogP contribution < -0.4 is 5.73 Å². The summed E-state index contributed by atoms with van der Waals surface area (Å²) in [4.78, 5) is 13.2. The zero-order valence-corrected chi connectivity index (χ0v) is 9.79. The zero-order chi connectivity index (χ0) is 11.6. The standard InChI is InChI=1S/C10H22N2O2/c1-9(2,11)6-8(14)12(5)10(3,4)7-13/h13H,6-7,11H2,1-5H3. The van der Waals surface area contributed by atoms with E-state index >= 15 is 0 Å². The zero-order valence-electron chi connectivity index (χ0n) is 9.79. The van der Waals surface area contributed by atoms with E-state index in [2.05, 4.69) is 0 Å². The molecule has 0 aromatic rings. The van der Waals surface area contributed by atoms with Crippen LogP contribution in [-0.2, 0) is 4.79 Å². The molecule has 0 aliphatic carbocycles. The summed E-state index contributed by atoms with van der Waals surface area (Å²) in [6.45, 7) is 7.19. The van der Waals surface area contributed by atoms with Gasteiger partial charge in [-0.25, -0.2) is 0 Å². The first-order valence-corrected chi connectivity index (χ1v) is 4.76. The maximum atomic E-state index is 11.7. The van der Waals surface area contributed by atoms with Gasteiger partial charge in [-0.05, 0) is 27.7 Å². The van der Waals surface area contributed by atoms with Gasteiger partial charge in [0.05, 0.1) is 12.1 Å². The topological polar surface area (TPSA) is 66.6 Å². The van der Waals surface area contributed by atoms with Crippen LogP contribution >= 0.6 is 0 Å². The van der Waals surface area contributed by atoms with Crippen molar-refractivity contribution in [1.29, 1.82) is 0 Å². The third-order valence-electron chi connectivity index (χ3n) is 2.28. The molecule has 0 bridgehead atoms. The number of nitrogens with zero attached hydrogens (tertiary/aromatic N) is 1. The lowest BCUT2D eigenvalue weighted by Gasteiger charge is -2.35. The van der Waals surface area contributed by atoms with Crippen molar-refractivity contribution in [3.63, 3.8) is 0 Å². The molecule has 0 aliphatic heterocycles. The van der Waals surface area contributed by atoms with Gasteiger partial charge in [-0.2, -0.15) is 0 Å². The number of hydrogen-bond donors (Lipinski definition) is 2. The summed E-state index contributed by atoms with van der Waals surface area (Å²) < 4.78 is 0. The van der Waals surface area contributed by atoms with E-state index in [-0.39, 0.29) is 18.9 Å². The average molecular weight is 202 g/mol. The number of carbonyl (C=O) groups excluding carboxylic acids is 1. The molecule has 0 atom stereocenters. The first-order chi connectivity index (χ1) is 6.10. The van der Waals surface area contributed by atoms with E-state index < -0.39 is 11.1 Å². The van der Waals surface area contributed by atoms with Crippen molar-refractivity contribution in [3.05, 3.63) is 0 Å². The summed E-state index contributed by atoms with van der Waals surface area (Å²) in [6, 6.07) is 0. The monoisotopic (exact) mass is 202 g/mol. The lowest BCUT2D eigenvalue weighted by Crippen LogP contribution is -2.50. The number of amides is 1. The smallest absolute Gasteiger partial charge is 0.224 e. The Morgan fingerprint density at radius 1 is 1.36 bits per heavy atom. The second kappa shape index (κ2) is 4.28. The number of carbonyl (C=O) groups is 1. The summed E-state index contributed by atoms with van der Waals surface area (Å²) in [5.74, 6) is -0.0449. The third-order valence-corrected chi connectivity index (χ3v) is 2.28. The van der Waals surface area contributed by atoms with Crippen molar-refractivity contribution in [2.75, 3.05) is 13.7 Å². The molecule has 0 rings (SSSR count). The lowest BCUT2D eigenvalue weighted by atomic mass is 9.98. The highest BCUT2D eigenvalue weighted by Crippen LogP contribution is 2.15. The van der Waals surface area contributed by atoms with Gasteiger partial charge in [0.15, 0.2) is 0 Å². The molecule has 0 aromatic carbocycles. The van der Waals surface area contributed by atoms with E-state index in [0.717, 1.165) is 0 Å². The molecule has 0 heterocycles. The largest absolute Gasteiger partial charge is 0.394 e. The number of hydrogen-bond acceptors (Lipinski definition) is 3. The minimum absolute atomic E-state index is 0.0449. The van der Waals surface area contributed by atoms with Gasteiger partial charge in [0.1, 0.15) is 0 Å². The Morgan fingerprint density at radius 2 is 1.79 bits per heavy atom. The predicted molar refractivity (Wildman–Crippen MR) is 56.8 cm³/mol. The first-order valence-electron chi connectivity index (χ1n) is 4.76. The van der Waals surface area contributed by atoms with Crippen LogP contribution in [0.25, 0.3) is 0 Å². The Bertz CT molecular complexity index is 207. The van der Waals surface area contributed by atoms with Gasteiger partial charge < -0.3 is 15.7 Å². The van der Waals surface area contributed by atoms with Gasteiger partial charge in [0.2, 0.25) is 5.91 Å². The minimum Gasteiger partial charge on any atom is -0.394 e. The fraction of sp³-hybridized carbons (Fsp3) is 0.900. The molecule has 0 saturated carbocycles. The van der Waals surface area contributed by atoms with Gasteiger partial charge >= 0.3 is 0 Å². The Kier molecular flexibility index (Phi) is 4.09. The Balaban J connectivity index is 4.41. The maximum Gasteiger partial charge on any atom is 0.224 e. The van der Waals surface area contributed by atoms with E-state index in [1.165, 1.54) is 0 Å². The molecular weight excluding hydrogens is 180 g/mol. The molecule has 3 N–H and O–H groups in total. The van der Waals surface area contributed by atoms with Crippen molar-refractivity contribution in [1.82, 2.24) is 4.90 Å². The van der Waals surface area contributed by atoms with E-state index in [1.54, 1.807) is 11.9 Å². The van der Waals surface area contributed by atoms with E-state index in [1.807, 2.05) is 27.7 Å². The van der Waals surface area contributed by atoms with E-state index in [0.29, 0.717) is 0 Å². The first kappa shape index (κ1) is 13.4. The van der Waals surface area contributed by atoms with E-state index in [9.17, 15) is 4.79 Å². The number of nitrogens with two attached hydrogens (primary N) is 1. The number of aliphatic hydroxyl groups excluding tert-OH is 1. The van der Waals surface area contributed by atoms with E-state index in [4.69, 9.17) is 10.8 Å². The maximum absolute atomic E-state index is 11.7. The fourth-order valence-electron chi connectivity index (χ4n) is 0.952. The highest BCUT2D eigenvalue weighted by molar-refractivity contribution is 5.77. The normalized spacial score (nSPS) is 12.8. The van der Waals surface area contributed by atoms with Gasteiger partial charge in [-0.3, -0.25) is 4.79 Å². The third kappa shape index (κ3) is 4.07. The van der Waals surface area contributed by atoms with Crippen molar-refractivity contribution in [2.24, 2.45) is 5.73 Å². The van der Waals surface area contributed by atoms with Crippen LogP contribution in [0.15, 0.2) is 0 Å². The molecule has 4 nitrogen and oxygen atoms in total. The van der Waals surface area contributed by atoms with Crippen LogP contribution in [0.5, 0.6) is 0 Å². The van der Waals surface area contributed by atoms with Crippen LogP contribution in [0.3, 0.4) is 0 Å². The van der Waals surface area contributed by atoms with Gasteiger partial charge in [0, 0.05) is 19.0 Å². The molecule has 0 radical (unpaired) electrons. The van der Waals surface area contributed by atoms with Gasteiger partial charge in [0.25, 0.3) is 0 Å². The summed E-state index contributed by atoms with van der Waals surface area (Å²) in [5.41, 5.74) is 4.72. The second-order valence-corrected chi connectivity index (χ2v) is 5.09. The summed E-state index contributed by atoms with van der Waals surface area (Å²) in [6.07, 6.45) is 0.285. The Hall–Kier alpha value is -0.610. The molecule has 14 heavy (non-hydrogen) atoms. The van der Waals surface area contributed by atoms with Gasteiger partial charge in [-0.15, -0.1) is 0 Å². The highest BCUT2D eigenvalue weighted by atomic mass is 16.3. The lowest BCUT2D eigenvalue weighted by molar-refractivity contribution is -0.137. The molecule has 0 aromatic heterocycles. The predicted octanol–water partition coefficient (Wildman–Crippen LogP) is 0.343. The fourth-order valence-corrected chi connectivity index (χ4v) is 0.952. The summed E-state index contributed by atoms with van der Waals surface area (Å²) >= 11 is 0. The van der Waals surface area contributed by atoms with Crippen molar-refractivity contribution in [3.8, 4) is 0 Å². The van der Waals surface area contributed by atoms with Crippen molar-refractivity contribution in [2.45, 2.75) is 45.2 Å². The number of rotatable bonds is 4. The van der Waals surface area contributed by atoms with Gasteiger partial charge in [-0.1, -0.05) is 0 Å². The average Bonchev–Trinajstić information content (AvgIpc) is 2.00. The SMILES string of the molecule is CN(C(=O)CC(C)(C)N)C(C)(C)CO. The molecule has 0 fully saturated rings. The van der Waals surface area contributed by atoms with Crippen LogP contribution in [0, 0.1) is 0 Å². The quantitative estimate of drug-likeness (QED) is 0.691. The van der Waals surface area contributed by atoms with Crippen LogP contribution in [-0.4, -0.2) is 40.6 Å². The molecule has 1 amide bonds. The molecule has 0 aliphatic rings. The van der Waals surface area contributed by atoms with Crippen LogP contribution in [0.4, 0.5) is 0 Å². The van der Waals surface area contributed by atoms with Crippen molar-refractivity contribution < 1.29 is 9.90 Å². The second-order valence-electron chi connectivity index (χ2n) is 5.09. The Morgan fingerprint density at radius 3 is 2.07 bits per heavy atom. The molecule has 0 spiro atoms. The van der Waals surface area contributed by atoms with Crippen molar-refractivity contribution >= 4 is 5.91 Å². The van der Waals surface area contributed by atoms with Crippen LogP contribution in [0.2, 0.25) is 0 Å².